The molecule has 1 nitrogen and oxygen atoms in total. The van der Waals surface area contributed by atoms with Gasteiger partial charge in [-0.1, -0.05) is 17.7 Å². The van der Waals surface area contributed by atoms with Crippen LogP contribution in [0.1, 0.15) is 0 Å². The van der Waals surface area contributed by atoms with E-state index in [0.29, 0.717) is 17.3 Å². The first-order valence-corrected chi connectivity index (χ1v) is 3.91. The maximum atomic E-state index is 12.6. The van der Waals surface area contributed by atoms with Gasteiger partial charge in [-0.3, -0.25) is 0 Å². The highest BCUT2D eigenvalue weighted by Crippen LogP contribution is 2.21. The van der Waals surface area contributed by atoms with Crippen molar-refractivity contribution in [2.75, 3.05) is 11.9 Å². The van der Waals surface area contributed by atoms with Gasteiger partial charge in [0.1, 0.15) is 5.82 Å². The van der Waals surface area contributed by atoms with Crippen LogP contribution in [-0.4, -0.2) is 6.54 Å². The molecule has 1 N–H and O–H groups in total. The summed E-state index contributed by atoms with van der Waals surface area (Å²) in [7, 11) is 0. The van der Waals surface area contributed by atoms with E-state index in [1.807, 2.05) is 0 Å². The van der Waals surface area contributed by atoms with Gasteiger partial charge in [-0.2, -0.15) is 0 Å². The quantitative estimate of drug-likeness (QED) is 0.714. The average molecular weight is 186 g/mol. The van der Waals surface area contributed by atoms with Gasteiger partial charge in [0.15, 0.2) is 0 Å². The highest BCUT2D eigenvalue weighted by Gasteiger charge is 1.99. The molecule has 0 fully saturated rings. The molecule has 0 amide bonds. The Bertz CT molecular complexity index is 286. The molecule has 12 heavy (non-hydrogen) atoms. The van der Waals surface area contributed by atoms with E-state index in [0.717, 1.165) is 0 Å². The van der Waals surface area contributed by atoms with Gasteiger partial charge < -0.3 is 5.32 Å². The lowest BCUT2D eigenvalue weighted by atomic mass is 10.3. The Labute approximate surface area is 75.9 Å². The second-order valence-electron chi connectivity index (χ2n) is 2.29. The number of anilines is 1. The molecule has 0 saturated heterocycles. The summed E-state index contributed by atoms with van der Waals surface area (Å²) in [5.74, 6) is -0.300. The molecule has 64 valence electrons. The Kier molecular flexibility index (Phi) is 3.11. The van der Waals surface area contributed by atoms with Gasteiger partial charge >= 0.3 is 0 Å². The molecule has 0 aliphatic carbocycles. The molecule has 0 atom stereocenters. The van der Waals surface area contributed by atoms with E-state index < -0.39 is 0 Å². The fourth-order valence-electron chi connectivity index (χ4n) is 0.815. The Hall–Kier alpha value is -1.02. The molecule has 0 unspecified atom stereocenters. The van der Waals surface area contributed by atoms with Gasteiger partial charge in [0.05, 0.1) is 10.7 Å². The number of halogens is 2. The molecule has 0 spiro atoms. The summed E-state index contributed by atoms with van der Waals surface area (Å²) in [6, 6.07) is 4.19. The molecule has 0 aromatic heterocycles. The number of hydrogen-bond acceptors (Lipinski definition) is 1. The fourth-order valence-corrected chi connectivity index (χ4v) is 0.999. The van der Waals surface area contributed by atoms with Crippen LogP contribution in [0.2, 0.25) is 5.02 Å². The highest BCUT2D eigenvalue weighted by molar-refractivity contribution is 6.33. The van der Waals surface area contributed by atoms with E-state index in [4.69, 9.17) is 11.6 Å². The molecule has 0 aliphatic rings. The van der Waals surface area contributed by atoms with Crippen LogP contribution in [0.15, 0.2) is 30.9 Å². The van der Waals surface area contributed by atoms with Gasteiger partial charge in [-0.05, 0) is 18.2 Å². The van der Waals surface area contributed by atoms with Gasteiger partial charge in [0, 0.05) is 6.54 Å². The molecule has 3 heteroatoms. The van der Waals surface area contributed by atoms with Crippen molar-refractivity contribution in [3.8, 4) is 0 Å². The van der Waals surface area contributed by atoms with Crippen LogP contribution in [0.3, 0.4) is 0 Å². The summed E-state index contributed by atoms with van der Waals surface area (Å²) in [6.07, 6.45) is 1.68. The summed E-state index contributed by atoms with van der Waals surface area (Å²) in [5, 5.41) is 3.43. The second-order valence-corrected chi connectivity index (χ2v) is 2.70. The largest absolute Gasteiger partial charge is 0.380 e. The van der Waals surface area contributed by atoms with Crippen molar-refractivity contribution in [2.24, 2.45) is 0 Å². The monoisotopic (exact) mass is 185 g/mol. The Morgan fingerprint density at radius 2 is 2.33 bits per heavy atom. The molecule has 0 radical (unpaired) electrons. The number of nitrogens with one attached hydrogen (secondary N) is 1. The zero-order chi connectivity index (χ0) is 8.97. The van der Waals surface area contributed by atoms with E-state index in [1.165, 1.54) is 18.2 Å². The second kappa shape index (κ2) is 4.12. The Morgan fingerprint density at radius 1 is 1.58 bits per heavy atom. The van der Waals surface area contributed by atoms with E-state index in [1.54, 1.807) is 6.08 Å². The average Bonchev–Trinajstić information content (AvgIpc) is 2.07. The third-order valence-electron chi connectivity index (χ3n) is 1.37. The number of rotatable bonds is 3. The highest BCUT2D eigenvalue weighted by atomic mass is 35.5. The Balaban J connectivity index is 2.82. The van der Waals surface area contributed by atoms with Crippen LogP contribution < -0.4 is 5.32 Å². The third kappa shape index (κ3) is 2.24. The van der Waals surface area contributed by atoms with Gasteiger partial charge in [0.25, 0.3) is 0 Å². The number of benzene rings is 1. The van der Waals surface area contributed by atoms with Gasteiger partial charge in [-0.25, -0.2) is 4.39 Å². The lowest BCUT2D eigenvalue weighted by Gasteiger charge is -2.04. The topological polar surface area (TPSA) is 12.0 Å². The van der Waals surface area contributed by atoms with Crippen molar-refractivity contribution in [3.05, 3.63) is 41.7 Å². The first-order valence-electron chi connectivity index (χ1n) is 3.54. The van der Waals surface area contributed by atoms with Crippen LogP contribution in [0, 0.1) is 5.82 Å². The summed E-state index contributed by atoms with van der Waals surface area (Å²) < 4.78 is 12.6. The van der Waals surface area contributed by atoms with Crippen molar-refractivity contribution in [3.63, 3.8) is 0 Å². The van der Waals surface area contributed by atoms with Gasteiger partial charge in [0.2, 0.25) is 0 Å². The van der Waals surface area contributed by atoms with Crippen LogP contribution in [0.4, 0.5) is 10.1 Å². The molecule has 0 bridgehead atoms. The third-order valence-corrected chi connectivity index (χ3v) is 1.69. The summed E-state index contributed by atoms with van der Waals surface area (Å²) in [6.45, 7) is 4.10. The summed E-state index contributed by atoms with van der Waals surface area (Å²) in [5.41, 5.74) is 0.594. The lowest BCUT2D eigenvalue weighted by Crippen LogP contribution is -1.98. The van der Waals surface area contributed by atoms with Crippen LogP contribution in [0.5, 0.6) is 0 Å². The zero-order valence-corrected chi connectivity index (χ0v) is 7.24. The lowest BCUT2D eigenvalue weighted by molar-refractivity contribution is 0.628. The smallest absolute Gasteiger partial charge is 0.125 e. The van der Waals surface area contributed by atoms with Crippen molar-refractivity contribution in [1.29, 1.82) is 0 Å². The predicted molar refractivity (Wildman–Crippen MR) is 50.1 cm³/mol. The first kappa shape index (κ1) is 9.07. The predicted octanol–water partition coefficient (Wildman–Crippen LogP) is 3.08. The van der Waals surface area contributed by atoms with Crippen LogP contribution in [-0.2, 0) is 0 Å². The minimum Gasteiger partial charge on any atom is -0.380 e. The molecular weight excluding hydrogens is 177 g/mol. The summed E-state index contributed by atoms with van der Waals surface area (Å²) in [4.78, 5) is 0. The molecule has 1 aromatic rings. The SMILES string of the molecule is C=CCNc1cc(F)ccc1Cl. The van der Waals surface area contributed by atoms with Crippen LogP contribution >= 0.6 is 11.6 Å². The Morgan fingerprint density at radius 3 is 3.00 bits per heavy atom. The number of hydrogen-bond donors (Lipinski definition) is 1. The fraction of sp³-hybridized carbons (Fsp3) is 0.111. The molecule has 1 aromatic carbocycles. The van der Waals surface area contributed by atoms with Crippen molar-refractivity contribution in [1.82, 2.24) is 0 Å². The minimum atomic E-state index is -0.300. The summed E-state index contributed by atoms with van der Waals surface area (Å²) >= 11 is 5.77. The van der Waals surface area contributed by atoms with Crippen molar-refractivity contribution in [2.45, 2.75) is 0 Å². The van der Waals surface area contributed by atoms with Crippen molar-refractivity contribution >= 4 is 17.3 Å². The standard InChI is InChI=1S/C9H9ClFN/c1-2-5-12-9-6-7(11)3-4-8(9)10/h2-4,6,12H,1,5H2. The molecule has 0 heterocycles. The van der Waals surface area contributed by atoms with E-state index >= 15 is 0 Å². The van der Waals surface area contributed by atoms with Crippen LogP contribution in [0.25, 0.3) is 0 Å². The molecular formula is C9H9ClFN. The van der Waals surface area contributed by atoms with E-state index in [9.17, 15) is 4.39 Å². The minimum absolute atomic E-state index is 0.300. The molecule has 0 saturated carbocycles. The van der Waals surface area contributed by atoms with E-state index in [2.05, 4.69) is 11.9 Å². The maximum absolute atomic E-state index is 12.6. The van der Waals surface area contributed by atoms with Gasteiger partial charge in [-0.15, -0.1) is 6.58 Å². The molecule has 0 aliphatic heterocycles. The van der Waals surface area contributed by atoms with Crippen molar-refractivity contribution < 1.29 is 4.39 Å². The normalized spacial score (nSPS) is 9.50. The molecule has 1 rings (SSSR count). The zero-order valence-electron chi connectivity index (χ0n) is 6.48. The van der Waals surface area contributed by atoms with E-state index in [-0.39, 0.29) is 5.82 Å². The first-order chi connectivity index (χ1) is 5.74. The maximum Gasteiger partial charge on any atom is 0.125 e.